The lowest BCUT2D eigenvalue weighted by atomic mass is 10.1. The Morgan fingerprint density at radius 2 is 1.73 bits per heavy atom. The topological polar surface area (TPSA) is 65.5 Å². The average Bonchev–Trinajstić information content (AvgIpc) is 3.06. The van der Waals surface area contributed by atoms with Crippen molar-refractivity contribution in [2.24, 2.45) is 0 Å². The van der Waals surface area contributed by atoms with E-state index in [1.54, 1.807) is 35.6 Å². The van der Waals surface area contributed by atoms with Crippen LogP contribution in [-0.2, 0) is 0 Å². The fourth-order valence-corrected chi connectivity index (χ4v) is 4.39. The molecule has 1 aliphatic heterocycles. The first kappa shape index (κ1) is 20.1. The van der Waals surface area contributed by atoms with Crippen LogP contribution < -0.4 is 10.2 Å². The smallest absolute Gasteiger partial charge is 0.256 e. The normalized spacial score (nSPS) is 14.3. The van der Waals surface area contributed by atoms with Gasteiger partial charge in [-0.05, 0) is 37.6 Å². The summed E-state index contributed by atoms with van der Waals surface area (Å²) in [5, 5.41) is 5.96. The van der Waals surface area contributed by atoms with Gasteiger partial charge in [-0.15, -0.1) is 11.3 Å². The number of thiazole rings is 1. The standard InChI is InChI=1S/C23H24N4O2S/c1-17-16-30-23(24-17)27-13-7-12-26(14-15-27)22(29)19-10-5-6-11-20(19)25-21(28)18-8-3-2-4-9-18/h2-6,8-11,16H,7,12-15H2,1H3,(H,25,28). The van der Waals surface area contributed by atoms with Crippen molar-refractivity contribution >= 4 is 34.0 Å². The van der Waals surface area contributed by atoms with Gasteiger partial charge in [0.25, 0.3) is 11.8 Å². The average molecular weight is 421 g/mol. The van der Waals surface area contributed by atoms with Crippen molar-refractivity contribution in [2.75, 3.05) is 36.4 Å². The summed E-state index contributed by atoms with van der Waals surface area (Å²) in [6.07, 6.45) is 0.878. The molecule has 1 fully saturated rings. The Balaban J connectivity index is 1.47. The van der Waals surface area contributed by atoms with Gasteiger partial charge < -0.3 is 15.1 Å². The van der Waals surface area contributed by atoms with E-state index in [0.29, 0.717) is 29.9 Å². The molecule has 2 heterocycles. The molecule has 2 amide bonds. The lowest BCUT2D eigenvalue weighted by molar-refractivity contribution is 0.0768. The number of carbonyl (C=O) groups is 2. The number of anilines is 2. The molecule has 2 aromatic carbocycles. The SMILES string of the molecule is Cc1csc(N2CCCN(C(=O)c3ccccc3NC(=O)c3ccccc3)CC2)n1. The van der Waals surface area contributed by atoms with Gasteiger partial charge in [0.2, 0.25) is 0 Å². The Morgan fingerprint density at radius 1 is 0.967 bits per heavy atom. The van der Waals surface area contributed by atoms with Crippen LogP contribution in [0.15, 0.2) is 60.0 Å². The highest BCUT2D eigenvalue weighted by Gasteiger charge is 2.23. The van der Waals surface area contributed by atoms with Gasteiger partial charge in [-0.2, -0.15) is 0 Å². The van der Waals surface area contributed by atoms with Gasteiger partial charge in [-0.25, -0.2) is 4.98 Å². The second-order valence-corrected chi connectivity index (χ2v) is 8.11. The first-order valence-corrected chi connectivity index (χ1v) is 10.9. The molecule has 1 aliphatic rings. The van der Waals surface area contributed by atoms with Gasteiger partial charge in [0.15, 0.2) is 5.13 Å². The maximum atomic E-state index is 13.3. The minimum absolute atomic E-state index is 0.0591. The Labute approximate surface area is 180 Å². The number of benzene rings is 2. The molecule has 0 atom stereocenters. The van der Waals surface area contributed by atoms with Crippen molar-refractivity contribution in [1.29, 1.82) is 0 Å². The molecule has 0 bridgehead atoms. The van der Waals surface area contributed by atoms with Crippen LogP contribution in [0.2, 0.25) is 0 Å². The number of rotatable bonds is 4. The molecular formula is C23H24N4O2S. The van der Waals surface area contributed by atoms with E-state index in [1.807, 2.05) is 42.2 Å². The highest BCUT2D eigenvalue weighted by atomic mass is 32.1. The quantitative estimate of drug-likeness (QED) is 0.691. The summed E-state index contributed by atoms with van der Waals surface area (Å²) >= 11 is 1.64. The van der Waals surface area contributed by atoms with E-state index in [9.17, 15) is 9.59 Å². The molecule has 7 heteroatoms. The second kappa shape index (κ2) is 9.09. The van der Waals surface area contributed by atoms with E-state index in [4.69, 9.17) is 0 Å². The minimum atomic E-state index is -0.225. The third kappa shape index (κ3) is 4.52. The van der Waals surface area contributed by atoms with Crippen LogP contribution in [0, 0.1) is 6.92 Å². The predicted molar refractivity (Wildman–Crippen MR) is 120 cm³/mol. The summed E-state index contributed by atoms with van der Waals surface area (Å²) in [5.41, 5.74) is 2.63. The zero-order valence-electron chi connectivity index (χ0n) is 16.9. The largest absolute Gasteiger partial charge is 0.346 e. The third-order valence-electron chi connectivity index (χ3n) is 5.10. The highest BCUT2D eigenvalue weighted by Crippen LogP contribution is 2.23. The van der Waals surface area contributed by atoms with Gasteiger partial charge in [-0.1, -0.05) is 30.3 Å². The van der Waals surface area contributed by atoms with Crippen LogP contribution >= 0.6 is 11.3 Å². The Kier molecular flexibility index (Phi) is 6.09. The first-order valence-electron chi connectivity index (χ1n) is 10.0. The van der Waals surface area contributed by atoms with Crippen LogP contribution in [0.4, 0.5) is 10.8 Å². The lowest BCUT2D eigenvalue weighted by Crippen LogP contribution is -2.35. The summed E-state index contributed by atoms with van der Waals surface area (Å²) < 4.78 is 0. The molecule has 3 aromatic rings. The van der Waals surface area contributed by atoms with Crippen molar-refractivity contribution in [3.63, 3.8) is 0 Å². The van der Waals surface area contributed by atoms with E-state index in [2.05, 4.69) is 20.6 Å². The minimum Gasteiger partial charge on any atom is -0.346 e. The maximum absolute atomic E-state index is 13.3. The predicted octanol–water partition coefficient (Wildman–Crippen LogP) is 4.06. The second-order valence-electron chi connectivity index (χ2n) is 7.27. The van der Waals surface area contributed by atoms with Crippen LogP contribution in [0.3, 0.4) is 0 Å². The summed E-state index contributed by atoms with van der Waals surface area (Å²) in [7, 11) is 0. The molecule has 4 rings (SSSR count). The van der Waals surface area contributed by atoms with Crippen LogP contribution in [0.5, 0.6) is 0 Å². The van der Waals surface area contributed by atoms with Gasteiger partial charge in [-0.3, -0.25) is 9.59 Å². The summed E-state index contributed by atoms with van der Waals surface area (Å²) in [6, 6.07) is 16.2. The van der Waals surface area contributed by atoms with E-state index in [-0.39, 0.29) is 11.8 Å². The van der Waals surface area contributed by atoms with Crippen LogP contribution in [-0.4, -0.2) is 47.9 Å². The number of hydrogen-bond donors (Lipinski definition) is 1. The van der Waals surface area contributed by atoms with E-state index in [0.717, 1.165) is 30.3 Å². The highest BCUT2D eigenvalue weighted by molar-refractivity contribution is 7.13. The number of nitrogens with zero attached hydrogens (tertiary/aromatic N) is 3. The van der Waals surface area contributed by atoms with Gasteiger partial charge in [0.05, 0.1) is 16.9 Å². The molecule has 6 nitrogen and oxygen atoms in total. The van der Waals surface area contributed by atoms with Gasteiger partial charge in [0.1, 0.15) is 0 Å². The Hall–Kier alpha value is -3.19. The number of nitrogens with one attached hydrogen (secondary N) is 1. The number of amides is 2. The fourth-order valence-electron chi connectivity index (χ4n) is 3.53. The zero-order chi connectivity index (χ0) is 20.9. The monoisotopic (exact) mass is 420 g/mol. The molecule has 0 aliphatic carbocycles. The van der Waals surface area contributed by atoms with Crippen LogP contribution in [0.1, 0.15) is 32.8 Å². The van der Waals surface area contributed by atoms with Crippen LogP contribution in [0.25, 0.3) is 0 Å². The molecule has 0 saturated carbocycles. The van der Waals surface area contributed by atoms with Crippen molar-refractivity contribution in [2.45, 2.75) is 13.3 Å². The van der Waals surface area contributed by atoms with Crippen molar-refractivity contribution in [3.8, 4) is 0 Å². The first-order chi connectivity index (χ1) is 14.6. The van der Waals surface area contributed by atoms with E-state index >= 15 is 0 Å². The molecule has 154 valence electrons. The van der Waals surface area contributed by atoms with E-state index < -0.39 is 0 Å². The maximum Gasteiger partial charge on any atom is 0.256 e. The number of aromatic nitrogens is 1. The van der Waals surface area contributed by atoms with Crippen molar-refractivity contribution < 1.29 is 9.59 Å². The van der Waals surface area contributed by atoms with Crippen molar-refractivity contribution in [3.05, 3.63) is 76.8 Å². The van der Waals surface area contributed by atoms with Crippen molar-refractivity contribution in [1.82, 2.24) is 9.88 Å². The molecule has 1 N–H and O–H groups in total. The number of para-hydroxylation sites is 1. The molecule has 0 unspecified atom stereocenters. The molecule has 1 saturated heterocycles. The summed E-state index contributed by atoms with van der Waals surface area (Å²) in [6.45, 7) is 4.92. The fraction of sp³-hybridized carbons (Fsp3) is 0.261. The molecule has 30 heavy (non-hydrogen) atoms. The molecular weight excluding hydrogens is 396 g/mol. The summed E-state index contributed by atoms with van der Waals surface area (Å²) in [4.78, 5) is 34.5. The lowest BCUT2D eigenvalue weighted by Gasteiger charge is -2.23. The summed E-state index contributed by atoms with van der Waals surface area (Å²) in [5.74, 6) is -0.284. The molecule has 0 radical (unpaired) electrons. The van der Waals surface area contributed by atoms with Gasteiger partial charge >= 0.3 is 0 Å². The van der Waals surface area contributed by atoms with E-state index in [1.165, 1.54) is 0 Å². The Morgan fingerprint density at radius 3 is 2.50 bits per heavy atom. The molecule has 0 spiro atoms. The Bertz CT molecular complexity index is 1030. The third-order valence-corrected chi connectivity index (χ3v) is 6.12. The van der Waals surface area contributed by atoms with Gasteiger partial charge in [0, 0.05) is 37.1 Å². The zero-order valence-corrected chi connectivity index (χ0v) is 17.7. The molecule has 1 aromatic heterocycles. The number of aryl methyl sites for hydroxylation is 1. The number of carbonyl (C=O) groups excluding carboxylic acids is 2. The number of hydrogen-bond acceptors (Lipinski definition) is 5.